The van der Waals surface area contributed by atoms with E-state index >= 15 is 0 Å². The maximum Gasteiger partial charge on any atom is 0.187 e. The lowest BCUT2D eigenvalue weighted by molar-refractivity contribution is -0.324. The fraction of sp³-hybridized carbons (Fsp3) is 1.00. The summed E-state index contributed by atoms with van der Waals surface area (Å²) in [7, 11) is 0. The molecular weight excluding hydrogens is 556 g/mol. The molecule has 0 bridgehead atoms. The van der Waals surface area contributed by atoms with Crippen molar-refractivity contribution < 1.29 is 49.6 Å². The minimum atomic E-state index is -1.51. The molecule has 3 heterocycles. The molecular formula is C33H54O10. The van der Waals surface area contributed by atoms with Crippen LogP contribution in [-0.4, -0.2) is 105 Å². The first-order valence-corrected chi connectivity index (χ1v) is 17.0. The zero-order valence-corrected chi connectivity index (χ0v) is 26.1. The molecule has 0 radical (unpaired) electrons. The summed E-state index contributed by atoms with van der Waals surface area (Å²) >= 11 is 0. The van der Waals surface area contributed by atoms with Crippen molar-refractivity contribution in [1.29, 1.82) is 0 Å². The van der Waals surface area contributed by atoms with Gasteiger partial charge in [-0.25, -0.2) is 0 Å². The van der Waals surface area contributed by atoms with Crippen molar-refractivity contribution in [2.24, 2.45) is 52.3 Å². The Balaban J connectivity index is 1.07. The Kier molecular flexibility index (Phi) is 7.86. The van der Waals surface area contributed by atoms with Crippen molar-refractivity contribution in [2.45, 2.75) is 140 Å². The van der Waals surface area contributed by atoms with Crippen molar-refractivity contribution in [1.82, 2.24) is 0 Å². The highest BCUT2D eigenvalue weighted by atomic mass is 16.7. The van der Waals surface area contributed by atoms with Crippen LogP contribution < -0.4 is 0 Å². The van der Waals surface area contributed by atoms with E-state index in [4.69, 9.17) is 18.9 Å². The number of aliphatic hydroxyl groups is 6. The van der Waals surface area contributed by atoms with Gasteiger partial charge in [0, 0.05) is 18.3 Å². The Labute approximate surface area is 255 Å². The van der Waals surface area contributed by atoms with Gasteiger partial charge in [0.15, 0.2) is 12.1 Å². The summed E-state index contributed by atoms with van der Waals surface area (Å²) < 4.78 is 24.9. The van der Waals surface area contributed by atoms with Gasteiger partial charge in [0.05, 0.1) is 37.6 Å². The number of fused-ring (bicyclic) bond motifs is 7. The van der Waals surface area contributed by atoms with Crippen molar-refractivity contribution in [3.63, 3.8) is 0 Å². The molecule has 4 saturated carbocycles. The van der Waals surface area contributed by atoms with Crippen LogP contribution in [0.4, 0.5) is 0 Å². The molecule has 7 rings (SSSR count). The van der Waals surface area contributed by atoms with E-state index in [0.717, 1.165) is 38.5 Å². The van der Waals surface area contributed by atoms with Gasteiger partial charge in [-0.2, -0.15) is 0 Å². The first-order valence-electron chi connectivity index (χ1n) is 17.0. The predicted molar refractivity (Wildman–Crippen MR) is 153 cm³/mol. The molecule has 0 aromatic rings. The zero-order valence-electron chi connectivity index (χ0n) is 26.1. The van der Waals surface area contributed by atoms with Gasteiger partial charge in [-0.1, -0.05) is 27.7 Å². The van der Waals surface area contributed by atoms with E-state index in [1.165, 1.54) is 0 Å². The SMILES string of the molecule is C[C@@H]1CC[C@@]2(OC1)O[C@H]1[C@@H](O)[C@H]3[C@@H]4CC[C@H]5C[C@@H](O[C@@H]6O[C@H](CO)[C@H](O)[C@H](O)[C@H]6O)[C@H](O)C[C@]5(C)[C@H]4CC[C@]3(C)[C@H]1[C@@H]2C. The lowest BCUT2D eigenvalue weighted by Crippen LogP contribution is -2.62. The summed E-state index contributed by atoms with van der Waals surface area (Å²) in [6, 6.07) is 0. The number of rotatable bonds is 3. The van der Waals surface area contributed by atoms with Crippen molar-refractivity contribution >= 4 is 0 Å². The molecule has 1 spiro atoms. The molecule has 246 valence electrons. The molecule has 6 N–H and O–H groups in total. The number of hydrogen-bond donors (Lipinski definition) is 6. The van der Waals surface area contributed by atoms with Crippen LogP contribution in [0.25, 0.3) is 0 Å². The Hall–Kier alpha value is -0.400. The van der Waals surface area contributed by atoms with Crippen LogP contribution in [0, 0.1) is 52.3 Å². The molecule has 0 aromatic carbocycles. The summed E-state index contributed by atoms with van der Waals surface area (Å²) in [6.07, 6.45) is -1.65. The lowest BCUT2D eigenvalue weighted by Gasteiger charge is -2.62. The highest BCUT2D eigenvalue weighted by Gasteiger charge is 2.72. The van der Waals surface area contributed by atoms with Crippen LogP contribution in [0.3, 0.4) is 0 Å². The lowest BCUT2D eigenvalue weighted by atomic mass is 9.44. The van der Waals surface area contributed by atoms with Crippen molar-refractivity contribution in [3.8, 4) is 0 Å². The van der Waals surface area contributed by atoms with Crippen LogP contribution in [0.15, 0.2) is 0 Å². The van der Waals surface area contributed by atoms with Gasteiger partial charge in [-0.05, 0) is 85.4 Å². The van der Waals surface area contributed by atoms with Crippen LogP contribution in [0.2, 0.25) is 0 Å². The standard InChI is InChI=1S/C33H54O10/c1-15-7-10-33(40-14-15)16(2)23-29(43-33)26(37)24-18-6-5-17-11-21(41-30-28(39)27(38)25(36)22(13-34)42-30)20(35)12-32(17,4)19(18)8-9-31(23,24)3/h15-30,34-39H,5-14H2,1-4H3/t15-,16+,17+,18-,19+,20-,21-,22-,23+,24-,25+,26+,27+,28-,29-,30-,31-,32+,33-/m1/s1. The first kappa shape index (κ1) is 31.2. The number of aliphatic hydroxyl groups excluding tert-OH is 6. The monoisotopic (exact) mass is 610 g/mol. The minimum absolute atomic E-state index is 0.0220. The molecule has 7 fully saturated rings. The fourth-order valence-corrected chi connectivity index (χ4v) is 11.8. The maximum atomic E-state index is 12.0. The Morgan fingerprint density at radius 1 is 0.837 bits per heavy atom. The molecule has 0 unspecified atom stereocenters. The van der Waals surface area contributed by atoms with Gasteiger partial charge in [-0.15, -0.1) is 0 Å². The molecule has 10 heteroatoms. The Morgan fingerprint density at radius 2 is 1.60 bits per heavy atom. The smallest absolute Gasteiger partial charge is 0.187 e. The van der Waals surface area contributed by atoms with E-state index in [0.29, 0.717) is 43.1 Å². The highest BCUT2D eigenvalue weighted by molar-refractivity contribution is 5.18. The summed E-state index contributed by atoms with van der Waals surface area (Å²) in [6.45, 7) is 9.43. The fourth-order valence-electron chi connectivity index (χ4n) is 11.8. The quantitative estimate of drug-likeness (QED) is 0.259. The molecule has 3 saturated heterocycles. The van der Waals surface area contributed by atoms with Gasteiger partial charge in [0.1, 0.15) is 24.4 Å². The second-order valence-corrected chi connectivity index (χ2v) is 16.2. The van der Waals surface area contributed by atoms with Gasteiger partial charge < -0.3 is 49.6 Å². The molecule has 0 amide bonds. The topological polar surface area (TPSA) is 158 Å². The third kappa shape index (κ3) is 4.49. The van der Waals surface area contributed by atoms with Crippen LogP contribution in [-0.2, 0) is 18.9 Å². The van der Waals surface area contributed by atoms with E-state index in [9.17, 15) is 30.6 Å². The van der Waals surface area contributed by atoms with E-state index in [2.05, 4.69) is 27.7 Å². The molecule has 3 aliphatic heterocycles. The Morgan fingerprint density at radius 3 is 2.30 bits per heavy atom. The maximum absolute atomic E-state index is 12.0. The molecule has 19 atom stereocenters. The van der Waals surface area contributed by atoms with Crippen LogP contribution in [0.1, 0.15) is 79.1 Å². The highest BCUT2D eigenvalue weighted by Crippen LogP contribution is 2.71. The van der Waals surface area contributed by atoms with Gasteiger partial charge in [0.2, 0.25) is 0 Å². The molecule has 4 aliphatic carbocycles. The minimum Gasteiger partial charge on any atom is -0.394 e. The van der Waals surface area contributed by atoms with Gasteiger partial charge in [-0.3, -0.25) is 0 Å². The zero-order chi connectivity index (χ0) is 30.6. The first-order chi connectivity index (χ1) is 20.3. The molecule has 7 aliphatic rings. The normalized spacial score (nSPS) is 61.5. The van der Waals surface area contributed by atoms with Gasteiger partial charge >= 0.3 is 0 Å². The summed E-state index contributed by atoms with van der Waals surface area (Å²) in [5.41, 5.74) is -0.140. The summed E-state index contributed by atoms with van der Waals surface area (Å²) in [5.74, 6) is 1.64. The van der Waals surface area contributed by atoms with E-state index < -0.39 is 61.4 Å². The van der Waals surface area contributed by atoms with E-state index in [1.54, 1.807) is 0 Å². The van der Waals surface area contributed by atoms with Crippen molar-refractivity contribution in [3.05, 3.63) is 0 Å². The third-order valence-electron chi connectivity index (χ3n) is 14.1. The second kappa shape index (κ2) is 10.8. The molecule has 10 nitrogen and oxygen atoms in total. The van der Waals surface area contributed by atoms with Crippen LogP contribution >= 0.6 is 0 Å². The largest absolute Gasteiger partial charge is 0.394 e. The van der Waals surface area contributed by atoms with Gasteiger partial charge in [0.25, 0.3) is 0 Å². The van der Waals surface area contributed by atoms with Crippen molar-refractivity contribution in [2.75, 3.05) is 13.2 Å². The average Bonchev–Trinajstić information content (AvgIpc) is 3.38. The average molecular weight is 611 g/mol. The van der Waals surface area contributed by atoms with E-state index in [1.807, 2.05) is 0 Å². The summed E-state index contributed by atoms with van der Waals surface area (Å²) in [5, 5.41) is 63.9. The number of ether oxygens (including phenoxy) is 4. The Bertz CT molecular complexity index is 1030. The van der Waals surface area contributed by atoms with E-state index in [-0.39, 0.29) is 34.7 Å². The summed E-state index contributed by atoms with van der Waals surface area (Å²) in [4.78, 5) is 0. The van der Waals surface area contributed by atoms with Crippen LogP contribution in [0.5, 0.6) is 0 Å². The second-order valence-electron chi connectivity index (χ2n) is 16.2. The third-order valence-corrected chi connectivity index (χ3v) is 14.1. The molecule has 0 aromatic heterocycles. The predicted octanol–water partition coefficient (Wildman–Crippen LogP) is 1.56. The number of hydrogen-bond acceptors (Lipinski definition) is 10. The molecule has 43 heavy (non-hydrogen) atoms.